The average molecular weight is 447 g/mol. The number of nitrogens with zero attached hydrogens (tertiary/aromatic N) is 3. The second-order valence-electron chi connectivity index (χ2n) is 6.39. The van der Waals surface area contributed by atoms with E-state index in [4.69, 9.17) is 5.73 Å². The van der Waals surface area contributed by atoms with Crippen LogP contribution in [0.3, 0.4) is 0 Å². The third kappa shape index (κ3) is 4.10. The summed E-state index contributed by atoms with van der Waals surface area (Å²) in [4.78, 5) is 28.0. The normalized spacial score (nSPS) is 12.0. The van der Waals surface area contributed by atoms with Crippen LogP contribution in [0, 0.1) is 13.8 Å². The molecule has 0 spiro atoms. The summed E-state index contributed by atoms with van der Waals surface area (Å²) in [7, 11) is 0. The van der Waals surface area contributed by atoms with Crippen LogP contribution in [-0.2, 0) is 17.5 Å². The summed E-state index contributed by atoms with van der Waals surface area (Å²) >= 11 is 0.732. The molecule has 2 amide bonds. The highest BCUT2D eigenvalue weighted by Gasteiger charge is 2.34. The average Bonchev–Trinajstić information content (AvgIpc) is 3.16. The van der Waals surface area contributed by atoms with Gasteiger partial charge in [-0.05, 0) is 31.5 Å². The maximum Gasteiger partial charge on any atom is 0.435 e. The van der Waals surface area contributed by atoms with Crippen molar-refractivity contribution in [1.82, 2.24) is 14.8 Å². The molecule has 3 aromatic heterocycles. The molecule has 0 aliphatic rings. The van der Waals surface area contributed by atoms with Crippen molar-refractivity contribution in [2.45, 2.75) is 33.0 Å². The Morgan fingerprint density at radius 1 is 1.27 bits per heavy atom. The molecule has 13 heteroatoms. The smallest absolute Gasteiger partial charge is 0.365 e. The van der Waals surface area contributed by atoms with Crippen molar-refractivity contribution in [3.63, 3.8) is 0 Å². The zero-order valence-corrected chi connectivity index (χ0v) is 16.3. The van der Waals surface area contributed by atoms with Crippen LogP contribution >= 0.6 is 11.3 Å². The van der Waals surface area contributed by atoms with Crippen LogP contribution in [0.1, 0.15) is 38.7 Å². The number of alkyl halides is 5. The Balaban J connectivity index is 1.97. The lowest BCUT2D eigenvalue weighted by atomic mass is 10.1. The van der Waals surface area contributed by atoms with Crippen molar-refractivity contribution in [1.29, 1.82) is 0 Å². The molecule has 0 aromatic carbocycles. The number of amides is 2. The van der Waals surface area contributed by atoms with Crippen LogP contribution in [0.2, 0.25) is 0 Å². The van der Waals surface area contributed by atoms with E-state index in [0.717, 1.165) is 28.2 Å². The summed E-state index contributed by atoms with van der Waals surface area (Å²) in [6, 6.07) is 1.91. The van der Waals surface area contributed by atoms with Crippen LogP contribution in [0.25, 0.3) is 10.2 Å². The highest BCUT2D eigenvalue weighted by molar-refractivity contribution is 7.21. The van der Waals surface area contributed by atoms with Gasteiger partial charge in [0.2, 0.25) is 5.91 Å². The number of carbonyl (C=O) groups excluding carboxylic acids is 2. The molecule has 0 aliphatic carbocycles. The van der Waals surface area contributed by atoms with Gasteiger partial charge < -0.3 is 11.1 Å². The van der Waals surface area contributed by atoms with Gasteiger partial charge >= 0.3 is 6.18 Å². The van der Waals surface area contributed by atoms with Gasteiger partial charge in [-0.25, -0.2) is 13.8 Å². The zero-order chi connectivity index (χ0) is 22.4. The number of rotatable bonds is 5. The lowest BCUT2D eigenvalue weighted by Gasteiger charge is -2.09. The first kappa shape index (κ1) is 21.6. The number of hydrogen-bond acceptors (Lipinski definition) is 5. The van der Waals surface area contributed by atoms with Gasteiger partial charge in [0.05, 0.1) is 5.69 Å². The number of aryl methyl sites for hydroxylation is 2. The molecular formula is C17H14F5N5O2S. The summed E-state index contributed by atoms with van der Waals surface area (Å²) in [5.74, 6) is -1.70. The van der Waals surface area contributed by atoms with E-state index in [-0.39, 0.29) is 26.5 Å². The molecule has 0 aliphatic heterocycles. The molecule has 0 atom stereocenters. The van der Waals surface area contributed by atoms with E-state index in [1.54, 1.807) is 0 Å². The molecule has 3 rings (SSSR count). The summed E-state index contributed by atoms with van der Waals surface area (Å²) in [6.45, 7) is 2.28. The number of fused-ring (bicyclic) bond motifs is 1. The van der Waals surface area contributed by atoms with E-state index in [1.165, 1.54) is 13.8 Å². The fraction of sp³-hybridized carbons (Fsp3) is 0.294. The maximum atomic E-state index is 13.0. The topological polar surface area (TPSA) is 103 Å². The number of nitrogens with one attached hydrogen (secondary N) is 1. The van der Waals surface area contributed by atoms with Crippen LogP contribution < -0.4 is 11.1 Å². The van der Waals surface area contributed by atoms with E-state index in [2.05, 4.69) is 15.4 Å². The van der Waals surface area contributed by atoms with Crippen molar-refractivity contribution < 1.29 is 31.5 Å². The molecule has 30 heavy (non-hydrogen) atoms. The van der Waals surface area contributed by atoms with Crippen molar-refractivity contribution in [2.24, 2.45) is 5.73 Å². The minimum atomic E-state index is -4.67. The van der Waals surface area contributed by atoms with Gasteiger partial charge in [0.1, 0.15) is 21.9 Å². The molecule has 0 radical (unpaired) electrons. The third-order valence-electron chi connectivity index (χ3n) is 4.16. The zero-order valence-electron chi connectivity index (χ0n) is 15.5. The monoisotopic (exact) mass is 447 g/mol. The Morgan fingerprint density at radius 3 is 2.47 bits per heavy atom. The minimum Gasteiger partial charge on any atom is -0.365 e. The number of anilines is 1. The number of halogens is 5. The molecule has 3 aromatic rings. The molecule has 0 unspecified atom stereocenters. The van der Waals surface area contributed by atoms with Gasteiger partial charge in [-0.1, -0.05) is 0 Å². The largest absolute Gasteiger partial charge is 0.435 e. The number of aromatic nitrogens is 3. The first-order valence-corrected chi connectivity index (χ1v) is 9.13. The predicted molar refractivity (Wildman–Crippen MR) is 98.4 cm³/mol. The summed E-state index contributed by atoms with van der Waals surface area (Å²) in [5, 5.41) is 6.04. The molecular weight excluding hydrogens is 433 g/mol. The van der Waals surface area contributed by atoms with Gasteiger partial charge in [-0.2, -0.15) is 18.3 Å². The lowest BCUT2D eigenvalue weighted by molar-refractivity contribution is -0.141. The number of hydrogen-bond donors (Lipinski definition) is 2. The highest BCUT2D eigenvalue weighted by atomic mass is 32.1. The molecule has 0 saturated carbocycles. The first-order chi connectivity index (χ1) is 13.9. The fourth-order valence-corrected chi connectivity index (χ4v) is 3.90. The van der Waals surface area contributed by atoms with E-state index >= 15 is 0 Å². The third-order valence-corrected chi connectivity index (χ3v) is 5.25. The van der Waals surface area contributed by atoms with Crippen LogP contribution in [0.5, 0.6) is 0 Å². The quantitative estimate of drug-likeness (QED) is 0.581. The molecule has 7 nitrogen and oxygen atoms in total. The number of nitrogens with two attached hydrogens (primary N) is 1. The van der Waals surface area contributed by atoms with E-state index in [1.807, 2.05) is 0 Å². The number of thiophene rings is 1. The van der Waals surface area contributed by atoms with Crippen molar-refractivity contribution in [2.75, 3.05) is 5.32 Å². The van der Waals surface area contributed by atoms with Gasteiger partial charge in [0.15, 0.2) is 5.69 Å². The SMILES string of the molecule is Cc1cc(C(F)F)nc2sc(C(N)=O)c(NC(=O)Cn3nc(C(F)(F)F)cc3C)c12. The summed E-state index contributed by atoms with van der Waals surface area (Å²) in [6.07, 6.45) is -7.50. The lowest BCUT2D eigenvalue weighted by Crippen LogP contribution is -2.22. The van der Waals surface area contributed by atoms with Crippen molar-refractivity contribution in [3.05, 3.63) is 39.7 Å². The number of pyridine rings is 1. The predicted octanol–water partition coefficient (Wildman–Crippen LogP) is 3.80. The van der Waals surface area contributed by atoms with E-state index < -0.39 is 42.3 Å². The van der Waals surface area contributed by atoms with Crippen molar-refractivity contribution >= 4 is 39.1 Å². The maximum absolute atomic E-state index is 13.0. The molecule has 0 saturated heterocycles. The molecule has 0 bridgehead atoms. The summed E-state index contributed by atoms with van der Waals surface area (Å²) < 4.78 is 65.2. The molecule has 160 valence electrons. The van der Waals surface area contributed by atoms with Crippen LogP contribution in [-0.4, -0.2) is 26.6 Å². The van der Waals surface area contributed by atoms with Gasteiger partial charge in [0.25, 0.3) is 12.3 Å². The highest BCUT2D eigenvalue weighted by Crippen LogP contribution is 2.38. The molecule has 3 heterocycles. The van der Waals surface area contributed by atoms with Crippen LogP contribution in [0.4, 0.5) is 27.6 Å². The Hall–Kier alpha value is -3.09. The Kier molecular flexibility index (Phi) is 5.50. The van der Waals surface area contributed by atoms with Gasteiger partial charge in [0, 0.05) is 11.1 Å². The first-order valence-electron chi connectivity index (χ1n) is 8.32. The van der Waals surface area contributed by atoms with Crippen LogP contribution in [0.15, 0.2) is 12.1 Å². The molecule has 3 N–H and O–H groups in total. The van der Waals surface area contributed by atoms with E-state index in [0.29, 0.717) is 5.56 Å². The molecule has 0 fully saturated rings. The van der Waals surface area contributed by atoms with Crippen molar-refractivity contribution in [3.8, 4) is 0 Å². The Bertz CT molecular complexity index is 1150. The van der Waals surface area contributed by atoms with Gasteiger partial charge in [-0.15, -0.1) is 11.3 Å². The number of primary amides is 1. The fourth-order valence-electron chi connectivity index (χ4n) is 2.84. The number of carbonyl (C=O) groups is 2. The Labute approximate surface area is 169 Å². The van der Waals surface area contributed by atoms with Gasteiger partial charge in [-0.3, -0.25) is 14.3 Å². The minimum absolute atomic E-state index is 0.0285. The Morgan fingerprint density at radius 2 is 1.93 bits per heavy atom. The van der Waals surface area contributed by atoms with E-state index in [9.17, 15) is 31.5 Å². The second-order valence-corrected chi connectivity index (χ2v) is 7.39. The second kappa shape index (κ2) is 7.63. The standard InChI is InChI=1S/C17H14F5N5O2S/c1-6-3-8(14(18)19)24-16-11(6)12(13(30-16)15(23)29)25-10(28)5-27-7(2)4-9(26-27)17(20,21)22/h3-4,14H,5H2,1-2H3,(H2,23,29)(H,25,28). The summed E-state index contributed by atoms with van der Waals surface area (Å²) in [5.41, 5.74) is 4.08.